The van der Waals surface area contributed by atoms with Gasteiger partial charge in [-0.15, -0.1) is 0 Å². The molecular weight excluding hydrogens is 344 g/mol. The molecule has 0 radical (unpaired) electrons. The van der Waals surface area contributed by atoms with Gasteiger partial charge in [-0.25, -0.2) is 22.9 Å². The lowest BCUT2D eigenvalue weighted by Gasteiger charge is -2.11. The quantitative estimate of drug-likeness (QED) is 0.798. The van der Waals surface area contributed by atoms with Gasteiger partial charge in [0.1, 0.15) is 5.15 Å². The molecule has 23 heavy (non-hydrogen) atoms. The van der Waals surface area contributed by atoms with Gasteiger partial charge < -0.3 is 4.74 Å². The number of allylic oxidation sites excluding steroid dienone is 3. The first-order valence-corrected chi connectivity index (χ1v) is 8.38. The molecule has 0 aliphatic heterocycles. The van der Waals surface area contributed by atoms with Crippen molar-refractivity contribution in [2.75, 3.05) is 12.4 Å². The molecule has 0 saturated carbocycles. The Morgan fingerprint density at radius 2 is 2.04 bits per heavy atom. The van der Waals surface area contributed by atoms with Gasteiger partial charge in [0.25, 0.3) is 10.0 Å². The number of hydrogen-bond donors (Lipinski definition) is 2. The maximum Gasteiger partial charge on any atom is 0.335 e. The average Bonchev–Trinajstić information content (AvgIpc) is 2.77. The van der Waals surface area contributed by atoms with Gasteiger partial charge in [0.2, 0.25) is 11.8 Å². The van der Waals surface area contributed by atoms with Gasteiger partial charge >= 0.3 is 6.03 Å². The highest BCUT2D eigenvalue weighted by Gasteiger charge is 2.27. The molecule has 2 rings (SSSR count). The topological polar surface area (TPSA) is 110 Å². The first-order valence-electron chi connectivity index (χ1n) is 6.52. The Hall–Kier alpha value is -2.13. The van der Waals surface area contributed by atoms with E-state index in [2.05, 4.69) is 15.3 Å². The standard InChI is InChI=1S/C13H15ClN4O4S/c1-7-4-5-8(2)11(7)23(20,21)18-13(19)17-12-15-9(14)6-10(16-12)22-3/h4,6H,5H2,1-3H3,(H2,15,16,17,18,19). The summed E-state index contributed by atoms with van der Waals surface area (Å²) in [7, 11) is -2.60. The summed E-state index contributed by atoms with van der Waals surface area (Å²) in [6.07, 6.45) is 2.32. The summed E-state index contributed by atoms with van der Waals surface area (Å²) in [5.41, 5.74) is 1.27. The van der Waals surface area contributed by atoms with Gasteiger partial charge in [-0.2, -0.15) is 4.98 Å². The minimum absolute atomic E-state index is 0.0446. The van der Waals surface area contributed by atoms with E-state index in [1.54, 1.807) is 19.9 Å². The van der Waals surface area contributed by atoms with Crippen LogP contribution in [0.2, 0.25) is 5.15 Å². The molecule has 8 nitrogen and oxygen atoms in total. The molecule has 10 heteroatoms. The van der Waals surface area contributed by atoms with Crippen molar-refractivity contribution < 1.29 is 17.9 Å². The van der Waals surface area contributed by atoms with Crippen molar-refractivity contribution in [1.82, 2.24) is 14.7 Å². The molecule has 1 heterocycles. The number of carbonyl (C=O) groups is 1. The van der Waals surface area contributed by atoms with Crippen LogP contribution < -0.4 is 14.8 Å². The molecule has 2 amide bonds. The molecule has 1 aromatic rings. The van der Waals surface area contributed by atoms with Gasteiger partial charge in [0, 0.05) is 6.07 Å². The summed E-state index contributed by atoms with van der Waals surface area (Å²) in [4.78, 5) is 19.6. The Kier molecular flexibility index (Phi) is 4.90. The fraction of sp³-hybridized carbons (Fsp3) is 0.308. The van der Waals surface area contributed by atoms with Crippen molar-refractivity contribution in [3.05, 3.63) is 33.3 Å². The third-order valence-corrected chi connectivity index (χ3v) is 4.92. The van der Waals surface area contributed by atoms with E-state index in [0.29, 0.717) is 17.6 Å². The molecule has 1 aliphatic rings. The molecular formula is C13H15ClN4O4S. The van der Waals surface area contributed by atoms with E-state index < -0.39 is 16.1 Å². The van der Waals surface area contributed by atoms with Gasteiger partial charge in [-0.1, -0.05) is 17.7 Å². The lowest BCUT2D eigenvalue weighted by molar-refractivity contribution is 0.256. The van der Waals surface area contributed by atoms with Gasteiger partial charge in [-0.3, -0.25) is 5.32 Å². The molecule has 0 fully saturated rings. The zero-order chi connectivity index (χ0) is 17.2. The van der Waals surface area contributed by atoms with Crippen LogP contribution in [0.1, 0.15) is 20.3 Å². The fourth-order valence-corrected chi connectivity index (χ4v) is 3.75. The van der Waals surface area contributed by atoms with Crippen molar-refractivity contribution in [3.63, 3.8) is 0 Å². The normalized spacial score (nSPS) is 14.5. The average molecular weight is 359 g/mol. The van der Waals surface area contributed by atoms with Crippen LogP contribution in [0.25, 0.3) is 0 Å². The number of hydrogen-bond acceptors (Lipinski definition) is 6. The third kappa shape index (κ3) is 3.99. The molecule has 2 N–H and O–H groups in total. The highest BCUT2D eigenvalue weighted by Crippen LogP contribution is 2.29. The van der Waals surface area contributed by atoms with Crippen LogP contribution in [0.3, 0.4) is 0 Å². The number of anilines is 1. The number of amides is 2. The monoisotopic (exact) mass is 358 g/mol. The third-order valence-electron chi connectivity index (χ3n) is 3.06. The van der Waals surface area contributed by atoms with E-state index in [0.717, 1.165) is 0 Å². The van der Waals surface area contributed by atoms with Crippen LogP contribution in [-0.2, 0) is 10.0 Å². The first-order chi connectivity index (χ1) is 10.7. The van der Waals surface area contributed by atoms with Crippen LogP contribution in [-0.4, -0.2) is 31.5 Å². The maximum atomic E-state index is 12.3. The van der Waals surface area contributed by atoms with Gasteiger partial charge in [0.15, 0.2) is 0 Å². The Balaban J connectivity index is 2.15. The first kappa shape index (κ1) is 17.2. The van der Waals surface area contributed by atoms with Crippen molar-refractivity contribution in [1.29, 1.82) is 0 Å². The molecule has 0 bridgehead atoms. The number of carbonyl (C=O) groups excluding carboxylic acids is 1. The minimum atomic E-state index is -3.97. The summed E-state index contributed by atoms with van der Waals surface area (Å²) >= 11 is 5.75. The number of rotatable bonds is 4. The molecule has 0 unspecified atom stereocenters. The van der Waals surface area contributed by atoms with Crippen LogP contribution in [0.5, 0.6) is 5.88 Å². The Labute approximate surface area is 138 Å². The lowest BCUT2D eigenvalue weighted by Crippen LogP contribution is -2.35. The largest absolute Gasteiger partial charge is 0.481 e. The second-order valence-electron chi connectivity index (χ2n) is 4.82. The van der Waals surface area contributed by atoms with Crippen LogP contribution in [0.4, 0.5) is 10.7 Å². The van der Waals surface area contributed by atoms with Crippen molar-refractivity contribution in [2.45, 2.75) is 20.3 Å². The number of aromatic nitrogens is 2. The van der Waals surface area contributed by atoms with Crippen molar-refractivity contribution in [3.8, 4) is 5.88 Å². The van der Waals surface area contributed by atoms with E-state index >= 15 is 0 Å². The van der Waals surface area contributed by atoms with E-state index in [1.807, 2.05) is 4.72 Å². The highest BCUT2D eigenvalue weighted by atomic mass is 35.5. The Bertz CT molecular complexity index is 817. The molecule has 0 spiro atoms. The fourth-order valence-electron chi connectivity index (χ4n) is 2.13. The van der Waals surface area contributed by atoms with Crippen LogP contribution in [0, 0.1) is 0 Å². The smallest absolute Gasteiger partial charge is 0.335 e. The number of nitrogens with one attached hydrogen (secondary N) is 2. The van der Waals surface area contributed by atoms with E-state index in [4.69, 9.17) is 16.3 Å². The number of ether oxygens (including phenoxy) is 1. The summed E-state index contributed by atoms with van der Waals surface area (Å²) in [5, 5.41) is 2.25. The van der Waals surface area contributed by atoms with Crippen LogP contribution in [0.15, 0.2) is 28.2 Å². The number of sulfonamides is 1. The second kappa shape index (κ2) is 6.55. The zero-order valence-electron chi connectivity index (χ0n) is 12.7. The molecule has 1 aliphatic carbocycles. The van der Waals surface area contributed by atoms with E-state index in [1.165, 1.54) is 13.2 Å². The molecule has 0 aromatic carbocycles. The van der Waals surface area contributed by atoms with Gasteiger partial charge in [-0.05, 0) is 31.4 Å². The molecule has 1 aromatic heterocycles. The summed E-state index contributed by atoms with van der Waals surface area (Å²) in [6, 6.07) is 0.358. The SMILES string of the molecule is COc1cc(Cl)nc(NC(=O)NS(=O)(=O)C2=C(C)CC=C2C)n1. The highest BCUT2D eigenvalue weighted by molar-refractivity contribution is 7.94. The maximum absolute atomic E-state index is 12.3. The number of halogens is 1. The number of urea groups is 1. The predicted octanol–water partition coefficient (Wildman–Crippen LogP) is 2.21. The molecule has 124 valence electrons. The number of methoxy groups -OCH3 is 1. The van der Waals surface area contributed by atoms with Crippen LogP contribution >= 0.6 is 11.6 Å². The predicted molar refractivity (Wildman–Crippen MR) is 85.7 cm³/mol. The number of nitrogens with zero attached hydrogens (tertiary/aromatic N) is 2. The minimum Gasteiger partial charge on any atom is -0.481 e. The second-order valence-corrected chi connectivity index (χ2v) is 6.82. The van der Waals surface area contributed by atoms with E-state index in [-0.39, 0.29) is 21.9 Å². The summed E-state index contributed by atoms with van der Waals surface area (Å²) < 4.78 is 31.4. The molecule has 0 atom stereocenters. The van der Waals surface area contributed by atoms with Crippen molar-refractivity contribution in [2.24, 2.45) is 0 Å². The van der Waals surface area contributed by atoms with Gasteiger partial charge in [0.05, 0.1) is 12.0 Å². The Morgan fingerprint density at radius 3 is 2.61 bits per heavy atom. The summed E-state index contributed by atoms with van der Waals surface area (Å²) in [5.74, 6) is -0.0391. The molecule has 0 saturated heterocycles. The Morgan fingerprint density at radius 1 is 1.35 bits per heavy atom. The van der Waals surface area contributed by atoms with E-state index in [9.17, 15) is 13.2 Å². The lowest BCUT2D eigenvalue weighted by atomic mass is 10.3. The zero-order valence-corrected chi connectivity index (χ0v) is 14.2. The summed E-state index contributed by atoms with van der Waals surface area (Å²) in [6.45, 7) is 3.37. The van der Waals surface area contributed by atoms with Crippen molar-refractivity contribution >= 4 is 33.6 Å².